The third kappa shape index (κ3) is 3.69. The van der Waals surface area contributed by atoms with Crippen molar-refractivity contribution in [1.29, 1.82) is 0 Å². The van der Waals surface area contributed by atoms with Crippen LogP contribution in [0.5, 0.6) is 11.5 Å². The van der Waals surface area contributed by atoms with Crippen molar-refractivity contribution in [2.75, 3.05) is 32.0 Å². The number of rotatable bonds is 4. The second-order valence-electron chi connectivity index (χ2n) is 4.61. The summed E-state index contributed by atoms with van der Waals surface area (Å²) in [7, 11) is 0. The first-order valence-corrected chi connectivity index (χ1v) is 6.36. The van der Waals surface area contributed by atoms with E-state index in [4.69, 9.17) is 15.2 Å². The van der Waals surface area contributed by atoms with Gasteiger partial charge in [0.1, 0.15) is 13.2 Å². The highest BCUT2D eigenvalue weighted by atomic mass is 19.4. The lowest BCUT2D eigenvalue weighted by Crippen LogP contribution is -2.33. The number of fused-ring (bicyclic) bond motifs is 1. The number of anilines is 1. The Morgan fingerprint density at radius 2 is 1.80 bits per heavy atom. The molecular formula is C13H17F3N2O2. The standard InChI is InChI=1S/C13H17F3N2O2/c1-2-18(8-13(14,15)16)7-9-5-11-12(6-10(9)17)20-4-3-19-11/h5-6H,2-4,7-8,17H2,1H3. The molecule has 7 heteroatoms. The Morgan fingerprint density at radius 1 is 1.20 bits per heavy atom. The fourth-order valence-electron chi connectivity index (χ4n) is 2.06. The first-order valence-electron chi connectivity index (χ1n) is 6.36. The number of alkyl halides is 3. The van der Waals surface area contributed by atoms with E-state index in [2.05, 4.69) is 0 Å². The van der Waals surface area contributed by atoms with Crippen molar-refractivity contribution >= 4 is 5.69 Å². The van der Waals surface area contributed by atoms with Crippen LogP contribution in [0.2, 0.25) is 0 Å². The average Bonchev–Trinajstić information content (AvgIpc) is 2.37. The molecule has 20 heavy (non-hydrogen) atoms. The number of hydrogen-bond donors (Lipinski definition) is 1. The molecule has 2 rings (SSSR count). The van der Waals surface area contributed by atoms with Gasteiger partial charge in [-0.3, -0.25) is 4.90 Å². The van der Waals surface area contributed by atoms with Crippen LogP contribution in [0, 0.1) is 0 Å². The molecule has 1 heterocycles. The van der Waals surface area contributed by atoms with Crippen molar-refractivity contribution in [2.45, 2.75) is 19.6 Å². The molecule has 4 nitrogen and oxygen atoms in total. The number of nitrogens with two attached hydrogens (primary N) is 1. The Kier molecular flexibility index (Phi) is 4.27. The van der Waals surface area contributed by atoms with E-state index >= 15 is 0 Å². The molecule has 1 aliphatic heterocycles. The van der Waals surface area contributed by atoms with E-state index in [0.717, 1.165) is 0 Å². The van der Waals surface area contributed by atoms with Crippen LogP contribution >= 0.6 is 0 Å². The quantitative estimate of drug-likeness (QED) is 0.865. The maximum absolute atomic E-state index is 12.5. The molecule has 0 bridgehead atoms. The van der Waals surface area contributed by atoms with Crippen molar-refractivity contribution < 1.29 is 22.6 Å². The van der Waals surface area contributed by atoms with Gasteiger partial charge in [-0.05, 0) is 18.2 Å². The largest absolute Gasteiger partial charge is 0.486 e. The van der Waals surface area contributed by atoms with Crippen molar-refractivity contribution in [3.8, 4) is 11.5 Å². The molecule has 1 aromatic rings. The smallest absolute Gasteiger partial charge is 0.401 e. The van der Waals surface area contributed by atoms with Crippen LogP contribution in [-0.4, -0.2) is 37.4 Å². The van der Waals surface area contributed by atoms with Crippen molar-refractivity contribution in [2.24, 2.45) is 0 Å². The molecule has 0 amide bonds. The second kappa shape index (κ2) is 5.78. The number of hydrogen-bond acceptors (Lipinski definition) is 4. The molecule has 0 radical (unpaired) electrons. The Bertz CT molecular complexity index is 477. The van der Waals surface area contributed by atoms with Crippen LogP contribution in [0.25, 0.3) is 0 Å². The van der Waals surface area contributed by atoms with Gasteiger partial charge in [-0.15, -0.1) is 0 Å². The molecule has 0 aromatic heterocycles. The minimum atomic E-state index is -4.22. The maximum atomic E-state index is 12.5. The summed E-state index contributed by atoms with van der Waals surface area (Å²) in [6.45, 7) is 2.00. The van der Waals surface area contributed by atoms with E-state index in [1.165, 1.54) is 4.90 Å². The Labute approximate surface area is 115 Å². The molecule has 2 N–H and O–H groups in total. The topological polar surface area (TPSA) is 47.7 Å². The molecular weight excluding hydrogens is 273 g/mol. The average molecular weight is 290 g/mol. The van der Waals surface area contributed by atoms with Gasteiger partial charge in [0.05, 0.1) is 6.54 Å². The second-order valence-corrected chi connectivity index (χ2v) is 4.61. The lowest BCUT2D eigenvalue weighted by Gasteiger charge is -2.24. The van der Waals surface area contributed by atoms with Gasteiger partial charge in [0.2, 0.25) is 0 Å². The van der Waals surface area contributed by atoms with E-state index in [0.29, 0.717) is 36.0 Å². The summed E-state index contributed by atoms with van der Waals surface area (Å²) in [5, 5.41) is 0. The van der Waals surface area contributed by atoms with Gasteiger partial charge < -0.3 is 15.2 Å². The lowest BCUT2D eigenvalue weighted by molar-refractivity contribution is -0.146. The van der Waals surface area contributed by atoms with Crippen molar-refractivity contribution in [1.82, 2.24) is 4.90 Å². The van der Waals surface area contributed by atoms with Crippen molar-refractivity contribution in [3.05, 3.63) is 17.7 Å². The summed E-state index contributed by atoms with van der Waals surface area (Å²) in [5.74, 6) is 1.07. The zero-order valence-corrected chi connectivity index (χ0v) is 11.2. The third-order valence-electron chi connectivity index (χ3n) is 3.05. The fourth-order valence-corrected chi connectivity index (χ4v) is 2.06. The maximum Gasteiger partial charge on any atom is 0.401 e. The first-order chi connectivity index (χ1) is 9.39. The third-order valence-corrected chi connectivity index (χ3v) is 3.05. The number of benzene rings is 1. The van der Waals surface area contributed by atoms with Gasteiger partial charge in [0, 0.05) is 18.3 Å². The first kappa shape index (κ1) is 14.8. The normalized spacial score (nSPS) is 14.7. The predicted octanol–water partition coefficient (Wildman–Crippen LogP) is 2.42. The van der Waals surface area contributed by atoms with E-state index in [9.17, 15) is 13.2 Å². The van der Waals surface area contributed by atoms with Gasteiger partial charge in [0.25, 0.3) is 0 Å². The van der Waals surface area contributed by atoms with E-state index in [-0.39, 0.29) is 13.1 Å². The number of nitrogen functional groups attached to an aromatic ring is 1. The van der Waals surface area contributed by atoms with Crippen LogP contribution in [0.4, 0.5) is 18.9 Å². The predicted molar refractivity (Wildman–Crippen MR) is 68.9 cm³/mol. The van der Waals surface area contributed by atoms with Crippen LogP contribution in [0.3, 0.4) is 0 Å². The van der Waals surface area contributed by atoms with Crippen LogP contribution in [-0.2, 0) is 6.54 Å². The molecule has 0 aliphatic carbocycles. The zero-order valence-electron chi connectivity index (χ0n) is 11.2. The summed E-state index contributed by atoms with van der Waals surface area (Å²) >= 11 is 0. The molecule has 0 fully saturated rings. The summed E-state index contributed by atoms with van der Waals surface area (Å²) in [5.41, 5.74) is 6.89. The molecule has 1 aromatic carbocycles. The zero-order chi connectivity index (χ0) is 14.8. The molecule has 0 spiro atoms. The summed E-state index contributed by atoms with van der Waals surface area (Å²) in [4.78, 5) is 1.28. The van der Waals surface area contributed by atoms with Gasteiger partial charge in [-0.1, -0.05) is 6.92 Å². The van der Waals surface area contributed by atoms with Crippen LogP contribution in [0.15, 0.2) is 12.1 Å². The highest BCUT2D eigenvalue weighted by molar-refractivity contribution is 5.58. The lowest BCUT2D eigenvalue weighted by atomic mass is 10.1. The Morgan fingerprint density at radius 3 is 2.35 bits per heavy atom. The highest BCUT2D eigenvalue weighted by Gasteiger charge is 2.30. The highest BCUT2D eigenvalue weighted by Crippen LogP contribution is 2.35. The summed E-state index contributed by atoms with van der Waals surface area (Å²) in [6, 6.07) is 3.26. The van der Waals surface area contributed by atoms with Gasteiger partial charge in [0.15, 0.2) is 11.5 Å². The van der Waals surface area contributed by atoms with Crippen molar-refractivity contribution in [3.63, 3.8) is 0 Å². The molecule has 1 aliphatic rings. The molecule has 0 atom stereocenters. The van der Waals surface area contributed by atoms with E-state index in [1.54, 1.807) is 19.1 Å². The number of ether oxygens (including phenoxy) is 2. The van der Waals surface area contributed by atoms with Crippen LogP contribution < -0.4 is 15.2 Å². The van der Waals surface area contributed by atoms with Gasteiger partial charge in [-0.25, -0.2) is 0 Å². The van der Waals surface area contributed by atoms with E-state index < -0.39 is 12.7 Å². The monoisotopic (exact) mass is 290 g/mol. The van der Waals surface area contributed by atoms with Crippen LogP contribution in [0.1, 0.15) is 12.5 Å². The van der Waals surface area contributed by atoms with Gasteiger partial charge >= 0.3 is 6.18 Å². The molecule has 0 unspecified atom stereocenters. The number of nitrogens with zero attached hydrogens (tertiary/aromatic N) is 1. The number of halogens is 3. The van der Waals surface area contributed by atoms with Gasteiger partial charge in [-0.2, -0.15) is 13.2 Å². The fraction of sp³-hybridized carbons (Fsp3) is 0.538. The summed E-state index contributed by atoms with van der Waals surface area (Å²) in [6.07, 6.45) is -4.22. The molecule has 0 saturated carbocycles. The van der Waals surface area contributed by atoms with E-state index in [1.807, 2.05) is 0 Å². The SMILES string of the molecule is CCN(Cc1cc2c(cc1N)OCCO2)CC(F)(F)F. The Hall–Kier alpha value is -1.63. The minimum Gasteiger partial charge on any atom is -0.486 e. The minimum absolute atomic E-state index is 0.123. The Balaban J connectivity index is 2.15. The molecule has 112 valence electrons. The molecule has 0 saturated heterocycles. The summed E-state index contributed by atoms with van der Waals surface area (Å²) < 4.78 is 48.1.